The van der Waals surface area contributed by atoms with Crippen molar-refractivity contribution in [3.05, 3.63) is 58.1 Å². The molecule has 150 valence electrons. The number of halogens is 3. The molecule has 0 fully saturated rings. The molecular weight excluding hydrogens is 373 g/mol. The summed E-state index contributed by atoms with van der Waals surface area (Å²) in [5.74, 6) is -4.09. The van der Waals surface area contributed by atoms with Crippen LogP contribution in [0.1, 0.15) is 43.7 Å². The summed E-state index contributed by atoms with van der Waals surface area (Å²) in [5.41, 5.74) is 0.108. The Bertz CT molecular complexity index is 906. The van der Waals surface area contributed by atoms with Crippen molar-refractivity contribution in [1.29, 1.82) is 0 Å². The molecule has 1 aromatic rings. The zero-order valence-corrected chi connectivity index (χ0v) is 16.1. The highest BCUT2D eigenvalue weighted by molar-refractivity contribution is 6.03. The van der Waals surface area contributed by atoms with Gasteiger partial charge in [-0.15, -0.1) is 0 Å². The van der Waals surface area contributed by atoms with Crippen LogP contribution in [-0.4, -0.2) is 25.0 Å². The molecule has 4 nitrogen and oxygen atoms in total. The third-order valence-corrected chi connectivity index (χ3v) is 4.96. The topological polar surface area (TPSA) is 52.6 Å². The van der Waals surface area contributed by atoms with Crippen molar-refractivity contribution < 1.29 is 32.2 Å². The van der Waals surface area contributed by atoms with Crippen molar-refractivity contribution in [2.75, 3.05) is 7.11 Å². The lowest BCUT2D eigenvalue weighted by Gasteiger charge is -2.39. The van der Waals surface area contributed by atoms with E-state index < -0.39 is 34.8 Å². The number of alkyl halides is 3. The summed E-state index contributed by atoms with van der Waals surface area (Å²) in [5, 5.41) is 0. The molecule has 0 amide bonds. The van der Waals surface area contributed by atoms with Crippen LogP contribution < -0.4 is 0 Å². The van der Waals surface area contributed by atoms with Gasteiger partial charge < -0.3 is 9.47 Å². The third kappa shape index (κ3) is 3.57. The minimum Gasteiger partial charge on any atom is -0.466 e. The lowest BCUT2D eigenvalue weighted by molar-refractivity contribution is -0.144. The van der Waals surface area contributed by atoms with Crippen LogP contribution in [0.3, 0.4) is 0 Å². The van der Waals surface area contributed by atoms with Gasteiger partial charge in [-0.3, -0.25) is 4.79 Å². The molecule has 0 bridgehead atoms. The molecule has 1 atom stereocenters. The summed E-state index contributed by atoms with van der Waals surface area (Å²) in [4.78, 5) is 25.3. The molecule has 2 aliphatic rings. The fourth-order valence-electron chi connectivity index (χ4n) is 3.86. The molecule has 0 saturated carbocycles. The summed E-state index contributed by atoms with van der Waals surface area (Å²) < 4.78 is 51.3. The minimum atomic E-state index is -4.91. The van der Waals surface area contributed by atoms with Crippen molar-refractivity contribution in [3.63, 3.8) is 0 Å². The standard InChI is InChI=1S/C21H21F3O4/c1-11-6-5-7-12(8-11)15-16-13(25)9-20(2,3)10-14(16)28-18(21(22,23)24)17(15)19(26)27-4/h5-8,15H,9-10H2,1-4H3. The Hall–Kier alpha value is -2.57. The normalized spacial score (nSPS) is 22.0. The molecular formula is C21H21F3O4. The summed E-state index contributed by atoms with van der Waals surface area (Å²) in [6.07, 6.45) is -4.58. The number of hydrogen-bond acceptors (Lipinski definition) is 4. The number of Topliss-reactive ketones (excluding diaryl/α,β-unsaturated/α-hetero) is 1. The van der Waals surface area contributed by atoms with E-state index in [2.05, 4.69) is 4.74 Å². The number of allylic oxidation sites excluding steroid dienone is 3. The van der Waals surface area contributed by atoms with Gasteiger partial charge >= 0.3 is 12.1 Å². The summed E-state index contributed by atoms with van der Waals surface area (Å²) in [7, 11) is 1.01. The van der Waals surface area contributed by atoms with Gasteiger partial charge in [-0.25, -0.2) is 4.79 Å². The maximum atomic E-state index is 13.8. The van der Waals surface area contributed by atoms with Crippen molar-refractivity contribution in [2.24, 2.45) is 5.41 Å². The number of methoxy groups -OCH3 is 1. The smallest absolute Gasteiger partial charge is 0.450 e. The molecule has 3 rings (SSSR count). The van der Waals surface area contributed by atoms with Crippen molar-refractivity contribution in [3.8, 4) is 0 Å². The fraction of sp³-hybridized carbons (Fsp3) is 0.429. The molecule has 1 unspecified atom stereocenters. The zero-order chi connectivity index (χ0) is 20.9. The Labute approximate surface area is 161 Å². The number of ether oxygens (including phenoxy) is 2. The molecule has 28 heavy (non-hydrogen) atoms. The average Bonchev–Trinajstić information content (AvgIpc) is 2.57. The molecule has 0 radical (unpaired) electrons. The van der Waals surface area contributed by atoms with Gasteiger partial charge in [0.05, 0.1) is 18.6 Å². The molecule has 0 spiro atoms. The third-order valence-electron chi connectivity index (χ3n) is 4.96. The van der Waals surface area contributed by atoms with Crippen molar-refractivity contribution in [1.82, 2.24) is 0 Å². The summed E-state index contributed by atoms with van der Waals surface area (Å²) in [6.45, 7) is 5.38. The summed E-state index contributed by atoms with van der Waals surface area (Å²) >= 11 is 0. The predicted octanol–water partition coefficient (Wildman–Crippen LogP) is 4.74. The van der Waals surface area contributed by atoms with E-state index in [1.54, 1.807) is 45.0 Å². The Morgan fingerprint density at radius 1 is 1.25 bits per heavy atom. The van der Waals surface area contributed by atoms with Crippen molar-refractivity contribution in [2.45, 2.75) is 45.7 Å². The Balaban J connectivity index is 2.32. The van der Waals surface area contributed by atoms with E-state index in [-0.39, 0.29) is 30.0 Å². The molecule has 0 saturated heterocycles. The van der Waals surface area contributed by atoms with Gasteiger partial charge in [0.2, 0.25) is 5.76 Å². The zero-order valence-electron chi connectivity index (χ0n) is 16.1. The van der Waals surface area contributed by atoms with Crippen LogP contribution in [0, 0.1) is 12.3 Å². The Morgan fingerprint density at radius 2 is 1.93 bits per heavy atom. The van der Waals surface area contributed by atoms with Crippen LogP contribution >= 0.6 is 0 Å². The van der Waals surface area contributed by atoms with Crippen LogP contribution in [0.4, 0.5) is 13.2 Å². The highest BCUT2D eigenvalue weighted by Crippen LogP contribution is 2.51. The molecule has 1 aliphatic heterocycles. The first-order chi connectivity index (χ1) is 12.9. The van der Waals surface area contributed by atoms with Gasteiger partial charge in [0, 0.05) is 18.4 Å². The molecule has 7 heteroatoms. The fourth-order valence-corrected chi connectivity index (χ4v) is 3.86. The Morgan fingerprint density at radius 3 is 2.50 bits per heavy atom. The molecule has 1 aromatic carbocycles. The van der Waals surface area contributed by atoms with Crippen LogP contribution in [0.2, 0.25) is 0 Å². The van der Waals surface area contributed by atoms with Gasteiger partial charge in [0.15, 0.2) is 5.78 Å². The number of hydrogen-bond donors (Lipinski definition) is 0. The first kappa shape index (κ1) is 20.2. The van der Waals surface area contributed by atoms with Gasteiger partial charge in [0.1, 0.15) is 5.76 Å². The second kappa shape index (κ2) is 6.79. The van der Waals surface area contributed by atoms with E-state index in [1.807, 2.05) is 0 Å². The Kier molecular flexibility index (Phi) is 4.89. The molecule has 0 N–H and O–H groups in total. The highest BCUT2D eigenvalue weighted by Gasteiger charge is 2.51. The first-order valence-electron chi connectivity index (χ1n) is 8.85. The number of aryl methyl sites for hydroxylation is 1. The monoisotopic (exact) mass is 394 g/mol. The van der Waals surface area contributed by atoms with E-state index in [0.717, 1.165) is 12.7 Å². The SMILES string of the molecule is COC(=O)C1=C(C(F)(F)F)OC2=C(C(=O)CC(C)(C)C2)C1c1cccc(C)c1. The van der Waals surface area contributed by atoms with Gasteiger partial charge in [-0.1, -0.05) is 43.7 Å². The van der Waals surface area contributed by atoms with E-state index in [9.17, 15) is 22.8 Å². The maximum Gasteiger partial charge on any atom is 0.450 e. The number of rotatable bonds is 2. The number of benzene rings is 1. The maximum absolute atomic E-state index is 13.8. The minimum absolute atomic E-state index is 0.0206. The lowest BCUT2D eigenvalue weighted by Crippen LogP contribution is -2.36. The van der Waals surface area contributed by atoms with Crippen molar-refractivity contribution >= 4 is 11.8 Å². The van der Waals surface area contributed by atoms with Crippen LogP contribution in [0.5, 0.6) is 0 Å². The number of carbonyl (C=O) groups excluding carboxylic acids is 2. The second-order valence-corrected chi connectivity index (χ2v) is 7.96. The largest absolute Gasteiger partial charge is 0.466 e. The lowest BCUT2D eigenvalue weighted by atomic mass is 9.69. The average molecular weight is 394 g/mol. The van der Waals surface area contributed by atoms with Gasteiger partial charge in [-0.2, -0.15) is 13.2 Å². The van der Waals surface area contributed by atoms with Crippen LogP contribution in [0.25, 0.3) is 0 Å². The molecule has 0 aromatic heterocycles. The van der Waals surface area contributed by atoms with Crippen LogP contribution in [-0.2, 0) is 19.1 Å². The van der Waals surface area contributed by atoms with Crippen LogP contribution in [0.15, 0.2) is 46.9 Å². The first-order valence-corrected chi connectivity index (χ1v) is 8.85. The van der Waals surface area contributed by atoms with E-state index in [1.165, 1.54) is 0 Å². The van der Waals surface area contributed by atoms with Gasteiger partial charge in [-0.05, 0) is 17.9 Å². The quantitative estimate of drug-likeness (QED) is 0.680. The number of carbonyl (C=O) groups is 2. The predicted molar refractivity (Wildman–Crippen MR) is 95.2 cm³/mol. The highest BCUT2D eigenvalue weighted by atomic mass is 19.4. The van der Waals surface area contributed by atoms with E-state index >= 15 is 0 Å². The second-order valence-electron chi connectivity index (χ2n) is 7.96. The number of esters is 1. The molecule has 1 aliphatic carbocycles. The molecule has 1 heterocycles. The summed E-state index contributed by atoms with van der Waals surface area (Å²) in [6, 6.07) is 6.75. The van der Waals surface area contributed by atoms with E-state index in [4.69, 9.17) is 4.74 Å². The van der Waals surface area contributed by atoms with E-state index in [0.29, 0.717) is 5.56 Å². The van der Waals surface area contributed by atoms with Gasteiger partial charge in [0.25, 0.3) is 0 Å². The number of ketones is 1.